The molecule has 1 atom stereocenters. The summed E-state index contributed by atoms with van der Waals surface area (Å²) in [5.74, 6) is -2.15. The minimum Gasteiger partial charge on any atom is -0.465 e. The topological polar surface area (TPSA) is 115 Å². The highest BCUT2D eigenvalue weighted by molar-refractivity contribution is 8.03. The van der Waals surface area contributed by atoms with Crippen LogP contribution in [0.15, 0.2) is 46.1 Å². The van der Waals surface area contributed by atoms with Crippen molar-refractivity contribution in [3.8, 4) is 6.07 Å². The number of nitrogens with zero attached hydrogens (tertiary/aromatic N) is 1. The molecule has 1 N–H and O–H groups in total. The molecule has 0 amide bonds. The summed E-state index contributed by atoms with van der Waals surface area (Å²) in [6.07, 6.45) is 0. The van der Waals surface area contributed by atoms with E-state index in [2.05, 4.69) is 11.4 Å². The van der Waals surface area contributed by atoms with Gasteiger partial charge in [-0.2, -0.15) is 5.26 Å². The number of rotatable bonds is 8. The maximum Gasteiger partial charge on any atom is 0.337 e. The van der Waals surface area contributed by atoms with Gasteiger partial charge in [-0.1, -0.05) is 23.9 Å². The number of thioether (sulfide) groups is 1. The van der Waals surface area contributed by atoms with E-state index in [1.54, 1.807) is 45.0 Å². The Bertz CT molecular complexity index is 959. The molecule has 0 radical (unpaired) electrons. The lowest BCUT2D eigenvalue weighted by Crippen LogP contribution is -2.29. The quantitative estimate of drug-likeness (QED) is 0.477. The summed E-state index contributed by atoms with van der Waals surface area (Å²) >= 11 is 1.13. The lowest BCUT2D eigenvalue weighted by molar-refractivity contribution is -0.140. The van der Waals surface area contributed by atoms with Gasteiger partial charge in [0.1, 0.15) is 0 Å². The van der Waals surface area contributed by atoms with Gasteiger partial charge in [0.25, 0.3) is 0 Å². The van der Waals surface area contributed by atoms with Gasteiger partial charge in [-0.05, 0) is 38.5 Å². The second-order valence-corrected chi connectivity index (χ2v) is 7.36. The van der Waals surface area contributed by atoms with Crippen LogP contribution >= 0.6 is 11.8 Å². The highest BCUT2D eigenvalue weighted by Gasteiger charge is 2.35. The van der Waals surface area contributed by atoms with Gasteiger partial charge in [-0.3, -0.25) is 4.79 Å². The molecule has 8 nitrogen and oxygen atoms in total. The van der Waals surface area contributed by atoms with E-state index in [1.807, 2.05) is 0 Å². The average Bonchev–Trinajstić information content (AvgIpc) is 2.77. The van der Waals surface area contributed by atoms with Crippen molar-refractivity contribution in [1.29, 1.82) is 5.26 Å². The fourth-order valence-corrected chi connectivity index (χ4v) is 3.99. The lowest BCUT2D eigenvalue weighted by atomic mass is 9.82. The minimum absolute atomic E-state index is 0.0113. The number of nitrogens with one attached hydrogen (secondary N) is 1. The van der Waals surface area contributed by atoms with Gasteiger partial charge in [-0.15, -0.1) is 0 Å². The van der Waals surface area contributed by atoms with Crippen LogP contribution in [-0.4, -0.2) is 44.0 Å². The van der Waals surface area contributed by atoms with Crippen LogP contribution in [0.25, 0.3) is 0 Å². The monoisotopic (exact) mass is 444 g/mol. The van der Waals surface area contributed by atoms with E-state index in [1.165, 1.54) is 7.11 Å². The largest absolute Gasteiger partial charge is 0.465 e. The van der Waals surface area contributed by atoms with Crippen LogP contribution in [0.5, 0.6) is 0 Å². The van der Waals surface area contributed by atoms with Crippen molar-refractivity contribution in [3.63, 3.8) is 0 Å². The van der Waals surface area contributed by atoms with Gasteiger partial charge >= 0.3 is 17.9 Å². The zero-order valence-corrected chi connectivity index (χ0v) is 18.6. The summed E-state index contributed by atoms with van der Waals surface area (Å²) in [5, 5.41) is 13.5. The number of allylic oxidation sites excluding steroid dienone is 2. The Morgan fingerprint density at radius 3 is 2.29 bits per heavy atom. The van der Waals surface area contributed by atoms with Crippen molar-refractivity contribution >= 4 is 29.7 Å². The van der Waals surface area contributed by atoms with E-state index in [0.29, 0.717) is 27.4 Å². The number of hydrogen-bond donors (Lipinski definition) is 1. The van der Waals surface area contributed by atoms with Crippen molar-refractivity contribution in [2.24, 2.45) is 0 Å². The molecule has 1 aliphatic rings. The molecule has 1 unspecified atom stereocenters. The van der Waals surface area contributed by atoms with Crippen molar-refractivity contribution in [3.05, 3.63) is 57.3 Å². The zero-order valence-electron chi connectivity index (χ0n) is 17.8. The van der Waals surface area contributed by atoms with Gasteiger partial charge in [0.2, 0.25) is 0 Å². The Kier molecular flexibility index (Phi) is 8.70. The molecule has 9 heteroatoms. The fraction of sp³-hybridized carbons (Fsp3) is 0.364. The third-order valence-corrected chi connectivity index (χ3v) is 5.44. The number of carbonyl (C=O) groups is 3. The predicted octanol–water partition coefficient (Wildman–Crippen LogP) is 3.03. The van der Waals surface area contributed by atoms with Crippen molar-refractivity contribution in [2.75, 3.05) is 26.1 Å². The van der Waals surface area contributed by atoms with Crippen LogP contribution in [0.1, 0.15) is 42.6 Å². The minimum atomic E-state index is -0.721. The third kappa shape index (κ3) is 5.67. The first-order chi connectivity index (χ1) is 14.9. The van der Waals surface area contributed by atoms with Crippen LogP contribution < -0.4 is 5.32 Å². The molecule has 1 aromatic rings. The number of dihydropyridines is 1. The smallest absolute Gasteiger partial charge is 0.337 e. The van der Waals surface area contributed by atoms with E-state index in [9.17, 15) is 19.6 Å². The molecule has 0 bridgehead atoms. The first-order valence-corrected chi connectivity index (χ1v) is 10.6. The molecule has 0 spiro atoms. The van der Waals surface area contributed by atoms with Gasteiger partial charge in [0.05, 0.1) is 59.8 Å². The van der Waals surface area contributed by atoms with Crippen LogP contribution in [0.3, 0.4) is 0 Å². The molecule has 2 rings (SSSR count). The zero-order chi connectivity index (χ0) is 23.0. The number of esters is 3. The fourth-order valence-electron chi connectivity index (χ4n) is 3.10. The average molecular weight is 445 g/mol. The number of carbonyl (C=O) groups excluding carboxylic acids is 3. The van der Waals surface area contributed by atoms with Crippen LogP contribution in [0, 0.1) is 11.3 Å². The predicted molar refractivity (Wildman–Crippen MR) is 115 cm³/mol. The number of hydrogen-bond acceptors (Lipinski definition) is 9. The summed E-state index contributed by atoms with van der Waals surface area (Å²) < 4.78 is 14.9. The molecule has 1 aliphatic heterocycles. The lowest BCUT2D eigenvalue weighted by Gasteiger charge is -2.29. The molecule has 0 aliphatic carbocycles. The summed E-state index contributed by atoms with van der Waals surface area (Å²) in [5.41, 5.74) is 2.06. The van der Waals surface area contributed by atoms with E-state index in [4.69, 9.17) is 14.2 Å². The highest BCUT2D eigenvalue weighted by Crippen LogP contribution is 2.41. The molecule has 1 heterocycles. The van der Waals surface area contributed by atoms with Crippen molar-refractivity contribution < 1.29 is 28.6 Å². The second-order valence-electron chi connectivity index (χ2n) is 6.38. The standard InChI is InChI=1S/C22H24N2O6S/c1-5-29-17(25)12-31-20-16(11-23)19(18(13(3)24-20)22(27)30-6-2)14-7-9-15(10-8-14)21(26)28-4/h7-10,19,24H,5-6,12H2,1-4H3. The number of nitriles is 1. The molecule has 0 aromatic heterocycles. The highest BCUT2D eigenvalue weighted by atomic mass is 32.2. The third-order valence-electron chi connectivity index (χ3n) is 4.45. The normalized spacial score (nSPS) is 15.6. The van der Waals surface area contributed by atoms with Crippen LogP contribution in [0.2, 0.25) is 0 Å². The number of methoxy groups -OCH3 is 1. The molecule has 0 saturated heterocycles. The molecule has 0 fully saturated rings. The van der Waals surface area contributed by atoms with Crippen LogP contribution in [-0.2, 0) is 23.8 Å². The first-order valence-electron chi connectivity index (χ1n) is 9.63. The first kappa shape index (κ1) is 24.0. The van der Waals surface area contributed by atoms with E-state index < -0.39 is 23.8 Å². The number of benzene rings is 1. The Morgan fingerprint density at radius 1 is 1.10 bits per heavy atom. The Morgan fingerprint density at radius 2 is 1.74 bits per heavy atom. The van der Waals surface area contributed by atoms with Crippen molar-refractivity contribution in [1.82, 2.24) is 5.32 Å². The molecular weight excluding hydrogens is 420 g/mol. The number of ether oxygens (including phenoxy) is 3. The van der Waals surface area contributed by atoms with E-state index >= 15 is 0 Å². The molecule has 1 aromatic carbocycles. The van der Waals surface area contributed by atoms with E-state index in [-0.39, 0.29) is 24.5 Å². The van der Waals surface area contributed by atoms with E-state index in [0.717, 1.165) is 11.8 Å². The van der Waals surface area contributed by atoms with Gasteiger partial charge in [-0.25, -0.2) is 9.59 Å². The maximum atomic E-state index is 12.7. The Balaban J connectivity index is 2.52. The Hall–Kier alpha value is -3.25. The van der Waals surface area contributed by atoms with Crippen molar-refractivity contribution in [2.45, 2.75) is 26.7 Å². The SMILES string of the molecule is CCOC(=O)CSC1=C(C#N)C(c2ccc(C(=O)OC)cc2)C(C(=O)OCC)=C(C)N1. The summed E-state index contributed by atoms with van der Waals surface area (Å²) in [6.45, 7) is 5.57. The Labute approximate surface area is 185 Å². The van der Waals surface area contributed by atoms with Gasteiger partial charge in [0, 0.05) is 5.70 Å². The molecule has 164 valence electrons. The summed E-state index contributed by atoms with van der Waals surface area (Å²) in [7, 11) is 1.29. The van der Waals surface area contributed by atoms with Gasteiger partial charge < -0.3 is 19.5 Å². The van der Waals surface area contributed by atoms with Gasteiger partial charge in [0.15, 0.2) is 0 Å². The molecular formula is C22H24N2O6S. The summed E-state index contributed by atoms with van der Waals surface area (Å²) in [4.78, 5) is 36.3. The van der Waals surface area contributed by atoms with Crippen LogP contribution in [0.4, 0.5) is 0 Å². The molecule has 0 saturated carbocycles. The summed E-state index contributed by atoms with van der Waals surface area (Å²) in [6, 6.07) is 8.64. The second kappa shape index (κ2) is 11.2. The molecule has 31 heavy (non-hydrogen) atoms. The maximum absolute atomic E-state index is 12.7.